The van der Waals surface area contributed by atoms with Gasteiger partial charge in [0.25, 0.3) is 11.8 Å². The number of hydrogen-bond acceptors (Lipinski definition) is 5. The zero-order valence-corrected chi connectivity index (χ0v) is 11.9. The van der Waals surface area contributed by atoms with Crippen LogP contribution < -0.4 is 15.8 Å². The van der Waals surface area contributed by atoms with Gasteiger partial charge in [0.1, 0.15) is 11.4 Å². The molecule has 8 heteroatoms. The Morgan fingerprint density at radius 2 is 2.00 bits per heavy atom. The first-order chi connectivity index (χ1) is 11.0. The van der Waals surface area contributed by atoms with Gasteiger partial charge in [0.2, 0.25) is 0 Å². The second-order valence-electron chi connectivity index (χ2n) is 4.47. The molecule has 0 saturated carbocycles. The first-order valence-corrected chi connectivity index (χ1v) is 6.47. The third-order valence-electron chi connectivity index (χ3n) is 2.72. The Morgan fingerprint density at radius 1 is 1.22 bits per heavy atom. The summed E-state index contributed by atoms with van der Waals surface area (Å²) in [6.07, 6.45) is 1.10. The van der Waals surface area contributed by atoms with Crippen LogP contribution in [0.3, 0.4) is 0 Å². The third kappa shape index (κ3) is 4.53. The predicted octanol–water partition coefficient (Wildman–Crippen LogP) is 0.896. The minimum atomic E-state index is -1.12. The van der Waals surface area contributed by atoms with Crippen LogP contribution in [0.15, 0.2) is 42.6 Å². The van der Waals surface area contributed by atoms with Gasteiger partial charge < -0.3 is 20.9 Å². The molecule has 2 amide bonds. The molecule has 1 aromatic carbocycles. The second kappa shape index (κ2) is 7.03. The average molecular weight is 315 g/mol. The molecule has 118 valence electrons. The third-order valence-corrected chi connectivity index (χ3v) is 2.72. The van der Waals surface area contributed by atoms with Gasteiger partial charge in [-0.1, -0.05) is 6.07 Å². The van der Waals surface area contributed by atoms with Crippen molar-refractivity contribution in [3.05, 3.63) is 53.9 Å². The largest absolute Gasteiger partial charge is 0.484 e. The number of benzene rings is 1. The van der Waals surface area contributed by atoms with Crippen molar-refractivity contribution in [2.45, 2.75) is 0 Å². The van der Waals surface area contributed by atoms with Crippen LogP contribution in [0.25, 0.3) is 0 Å². The number of hydrogen-bond donors (Lipinski definition) is 3. The lowest BCUT2D eigenvalue weighted by Gasteiger charge is -2.08. The molecule has 0 bridgehead atoms. The van der Waals surface area contributed by atoms with Crippen LogP contribution in [0.2, 0.25) is 0 Å². The number of carboxylic acid groups (broad SMARTS) is 1. The molecule has 0 saturated heterocycles. The van der Waals surface area contributed by atoms with Gasteiger partial charge in [-0.05, 0) is 24.3 Å². The van der Waals surface area contributed by atoms with Gasteiger partial charge in [0.15, 0.2) is 6.61 Å². The molecule has 23 heavy (non-hydrogen) atoms. The van der Waals surface area contributed by atoms with Crippen molar-refractivity contribution < 1.29 is 24.2 Å². The van der Waals surface area contributed by atoms with E-state index < -0.39 is 17.8 Å². The second-order valence-corrected chi connectivity index (χ2v) is 4.47. The fourth-order valence-electron chi connectivity index (χ4n) is 1.67. The zero-order valence-electron chi connectivity index (χ0n) is 11.9. The van der Waals surface area contributed by atoms with Crippen molar-refractivity contribution >= 4 is 23.5 Å². The Labute approximate surface area is 130 Å². The number of anilines is 1. The number of rotatable bonds is 6. The molecule has 2 rings (SSSR count). The number of aromatic carboxylic acids is 1. The van der Waals surface area contributed by atoms with E-state index in [2.05, 4.69) is 10.3 Å². The minimum Gasteiger partial charge on any atom is -0.484 e. The molecule has 0 aliphatic carbocycles. The summed E-state index contributed by atoms with van der Waals surface area (Å²) in [6, 6.07) is 8.99. The lowest BCUT2D eigenvalue weighted by molar-refractivity contribution is -0.119. The molecule has 0 fully saturated rings. The number of primary amides is 1. The maximum atomic E-state index is 12.0. The Kier molecular flexibility index (Phi) is 4.88. The standard InChI is InChI=1S/C15H13N3O5/c16-13(19)8-23-11-3-1-2-10(6-11)18-14(20)12-5-4-9(7-17-12)15(21)22/h1-7H,8H2,(H2,16,19)(H,18,20)(H,21,22). The highest BCUT2D eigenvalue weighted by Crippen LogP contribution is 2.18. The van der Waals surface area contributed by atoms with Crippen LogP contribution in [0, 0.1) is 0 Å². The van der Waals surface area contributed by atoms with E-state index in [0.717, 1.165) is 6.20 Å². The lowest BCUT2D eigenvalue weighted by atomic mass is 10.2. The van der Waals surface area contributed by atoms with Crippen molar-refractivity contribution in [1.29, 1.82) is 0 Å². The number of aromatic nitrogens is 1. The number of carboxylic acids is 1. The van der Waals surface area contributed by atoms with Gasteiger partial charge in [-0.3, -0.25) is 14.6 Å². The fourth-order valence-corrected chi connectivity index (χ4v) is 1.67. The van der Waals surface area contributed by atoms with Crippen LogP contribution in [0.1, 0.15) is 20.8 Å². The molecular weight excluding hydrogens is 302 g/mol. The lowest BCUT2D eigenvalue weighted by Crippen LogP contribution is -2.20. The van der Waals surface area contributed by atoms with E-state index in [9.17, 15) is 14.4 Å². The molecule has 0 unspecified atom stereocenters. The van der Waals surface area contributed by atoms with E-state index in [1.807, 2.05) is 0 Å². The molecule has 0 aliphatic heterocycles. The molecule has 0 spiro atoms. The van der Waals surface area contributed by atoms with Gasteiger partial charge >= 0.3 is 5.97 Å². The summed E-state index contributed by atoms with van der Waals surface area (Å²) < 4.78 is 5.13. The van der Waals surface area contributed by atoms with Crippen molar-refractivity contribution in [2.75, 3.05) is 11.9 Å². The minimum absolute atomic E-state index is 0.0107. The Bertz CT molecular complexity index is 743. The van der Waals surface area contributed by atoms with Gasteiger partial charge in [0.05, 0.1) is 5.56 Å². The smallest absolute Gasteiger partial charge is 0.337 e. The average Bonchev–Trinajstić information content (AvgIpc) is 2.53. The van der Waals surface area contributed by atoms with Gasteiger partial charge in [-0.15, -0.1) is 0 Å². The molecule has 4 N–H and O–H groups in total. The van der Waals surface area contributed by atoms with E-state index in [1.54, 1.807) is 18.2 Å². The maximum Gasteiger partial charge on any atom is 0.337 e. The summed E-state index contributed by atoms with van der Waals surface area (Å²) >= 11 is 0. The first kappa shape index (κ1) is 16.0. The first-order valence-electron chi connectivity index (χ1n) is 6.47. The normalized spacial score (nSPS) is 9.91. The molecule has 1 heterocycles. The van der Waals surface area contributed by atoms with Crippen LogP contribution >= 0.6 is 0 Å². The molecular formula is C15H13N3O5. The molecule has 0 radical (unpaired) electrons. The topological polar surface area (TPSA) is 132 Å². The number of carbonyl (C=O) groups is 3. The summed E-state index contributed by atoms with van der Waals surface area (Å²) in [6.45, 7) is -0.268. The summed E-state index contributed by atoms with van der Waals surface area (Å²) in [5.41, 5.74) is 5.47. The highest BCUT2D eigenvalue weighted by Gasteiger charge is 2.10. The van der Waals surface area contributed by atoms with Crippen molar-refractivity contribution in [2.24, 2.45) is 5.73 Å². The number of pyridine rings is 1. The summed E-state index contributed by atoms with van der Waals surface area (Å²) in [5, 5.41) is 11.4. The van der Waals surface area contributed by atoms with Crippen LogP contribution in [-0.2, 0) is 4.79 Å². The molecule has 2 aromatic rings. The number of carbonyl (C=O) groups excluding carboxylic acids is 2. The van der Waals surface area contributed by atoms with Crippen LogP contribution in [0.4, 0.5) is 5.69 Å². The predicted molar refractivity (Wildman–Crippen MR) is 80.3 cm³/mol. The molecule has 0 aliphatic rings. The van der Waals surface area contributed by atoms with Crippen molar-refractivity contribution in [3.8, 4) is 5.75 Å². The van der Waals surface area contributed by atoms with E-state index >= 15 is 0 Å². The Morgan fingerprint density at radius 3 is 2.61 bits per heavy atom. The fraction of sp³-hybridized carbons (Fsp3) is 0.0667. The Hall–Kier alpha value is -3.42. The number of nitrogens with one attached hydrogen (secondary N) is 1. The highest BCUT2D eigenvalue weighted by molar-refractivity contribution is 6.03. The summed E-state index contributed by atoms with van der Waals surface area (Å²) in [5.74, 6) is -1.87. The van der Waals surface area contributed by atoms with Crippen molar-refractivity contribution in [3.63, 3.8) is 0 Å². The number of nitrogens with two attached hydrogens (primary N) is 1. The van der Waals surface area contributed by atoms with Gasteiger partial charge in [-0.25, -0.2) is 4.79 Å². The summed E-state index contributed by atoms with van der Waals surface area (Å²) in [7, 11) is 0. The monoisotopic (exact) mass is 315 g/mol. The van der Waals surface area contributed by atoms with E-state index in [0.29, 0.717) is 11.4 Å². The maximum absolute atomic E-state index is 12.0. The van der Waals surface area contributed by atoms with E-state index in [1.165, 1.54) is 18.2 Å². The Balaban J connectivity index is 2.06. The molecule has 0 atom stereocenters. The van der Waals surface area contributed by atoms with E-state index in [-0.39, 0.29) is 17.9 Å². The molecule has 1 aromatic heterocycles. The number of ether oxygens (including phenoxy) is 1. The van der Waals surface area contributed by atoms with Gasteiger partial charge in [0, 0.05) is 18.0 Å². The quantitative estimate of drug-likeness (QED) is 0.725. The molecule has 8 nitrogen and oxygen atoms in total. The highest BCUT2D eigenvalue weighted by atomic mass is 16.5. The number of nitrogens with zero attached hydrogens (tertiary/aromatic N) is 1. The van der Waals surface area contributed by atoms with Crippen LogP contribution in [-0.4, -0.2) is 34.5 Å². The van der Waals surface area contributed by atoms with Crippen LogP contribution in [0.5, 0.6) is 5.75 Å². The number of amides is 2. The van der Waals surface area contributed by atoms with Gasteiger partial charge in [-0.2, -0.15) is 0 Å². The zero-order chi connectivity index (χ0) is 16.8. The SMILES string of the molecule is NC(=O)COc1cccc(NC(=O)c2ccc(C(=O)O)cn2)c1. The summed E-state index contributed by atoms with van der Waals surface area (Å²) in [4.78, 5) is 37.2. The van der Waals surface area contributed by atoms with Crippen molar-refractivity contribution in [1.82, 2.24) is 4.98 Å². The van der Waals surface area contributed by atoms with E-state index in [4.69, 9.17) is 15.6 Å².